The minimum absolute atomic E-state index is 0.0202. The maximum Gasteiger partial charge on any atom is 0.330 e. The van der Waals surface area contributed by atoms with Crippen molar-refractivity contribution in [3.63, 3.8) is 0 Å². The number of hydrogen-bond acceptors (Lipinski definition) is 6. The van der Waals surface area contributed by atoms with Gasteiger partial charge in [-0.15, -0.1) is 4.98 Å². The van der Waals surface area contributed by atoms with Gasteiger partial charge < -0.3 is 14.8 Å². The van der Waals surface area contributed by atoms with Gasteiger partial charge in [-0.3, -0.25) is 0 Å². The Balaban J connectivity index is 2.29. The number of aryl methyl sites for hydroxylation is 1. The fourth-order valence-corrected chi connectivity index (χ4v) is 1.65. The smallest absolute Gasteiger partial charge is 0.330 e. The van der Waals surface area contributed by atoms with Crippen LogP contribution in [-0.2, 0) is 0 Å². The Hall–Kier alpha value is -2.37. The zero-order valence-electron chi connectivity index (χ0n) is 12.8. The predicted octanol–water partition coefficient (Wildman–Crippen LogP) is 3.19. The van der Waals surface area contributed by atoms with Crippen molar-refractivity contribution in [2.75, 3.05) is 11.9 Å². The van der Waals surface area contributed by atoms with Crippen LogP contribution >= 0.6 is 0 Å². The van der Waals surface area contributed by atoms with Crippen LogP contribution in [0.1, 0.15) is 26.3 Å². The van der Waals surface area contributed by atoms with Gasteiger partial charge in [0.15, 0.2) is 0 Å². The van der Waals surface area contributed by atoms with Crippen LogP contribution in [0, 0.1) is 6.92 Å². The molecule has 0 aliphatic carbocycles. The minimum atomic E-state index is -0.0202. The summed E-state index contributed by atoms with van der Waals surface area (Å²) in [7, 11) is 0. The fourth-order valence-electron chi connectivity index (χ4n) is 1.65. The van der Waals surface area contributed by atoms with Crippen LogP contribution in [0.3, 0.4) is 0 Å². The van der Waals surface area contributed by atoms with E-state index in [1.54, 1.807) is 0 Å². The molecule has 0 fully saturated rings. The number of aromatic nitrogens is 3. The fraction of sp³-hybridized carbons (Fsp3) is 0.400. The Bertz CT molecular complexity index is 602. The maximum absolute atomic E-state index is 5.74. The van der Waals surface area contributed by atoms with E-state index in [-0.39, 0.29) is 18.1 Å². The van der Waals surface area contributed by atoms with E-state index >= 15 is 0 Å². The average Bonchev–Trinajstić information content (AvgIpc) is 2.41. The summed E-state index contributed by atoms with van der Waals surface area (Å²) in [5.74, 6) is 1.15. The van der Waals surface area contributed by atoms with Crippen LogP contribution in [0.4, 0.5) is 5.95 Å². The molecule has 0 saturated heterocycles. The highest BCUT2D eigenvalue weighted by atomic mass is 16.5. The van der Waals surface area contributed by atoms with Gasteiger partial charge in [-0.25, -0.2) is 0 Å². The Morgan fingerprint density at radius 3 is 2.48 bits per heavy atom. The topological polar surface area (TPSA) is 69.2 Å². The molecule has 1 aromatic heterocycles. The van der Waals surface area contributed by atoms with Crippen molar-refractivity contribution < 1.29 is 9.47 Å². The molecule has 0 bridgehead atoms. The van der Waals surface area contributed by atoms with E-state index in [2.05, 4.69) is 20.3 Å². The molecule has 0 unspecified atom stereocenters. The van der Waals surface area contributed by atoms with Crippen molar-refractivity contribution in [3.8, 4) is 17.8 Å². The first-order chi connectivity index (χ1) is 10.1. The first-order valence-electron chi connectivity index (χ1n) is 6.98. The molecule has 6 heteroatoms. The van der Waals surface area contributed by atoms with E-state index in [0.717, 1.165) is 5.56 Å². The van der Waals surface area contributed by atoms with Crippen molar-refractivity contribution in [3.05, 3.63) is 29.8 Å². The molecule has 21 heavy (non-hydrogen) atoms. The zero-order valence-corrected chi connectivity index (χ0v) is 12.8. The lowest BCUT2D eigenvalue weighted by Gasteiger charge is -2.11. The number of nitrogens with one attached hydrogen (secondary N) is 1. The lowest BCUT2D eigenvalue weighted by Crippen LogP contribution is -2.12. The summed E-state index contributed by atoms with van der Waals surface area (Å²) in [4.78, 5) is 12.6. The highest BCUT2D eigenvalue weighted by Crippen LogP contribution is 2.23. The van der Waals surface area contributed by atoms with E-state index in [4.69, 9.17) is 9.47 Å². The number of benzene rings is 1. The van der Waals surface area contributed by atoms with Gasteiger partial charge in [-0.05, 0) is 39.3 Å². The molecule has 2 rings (SSSR count). The number of nitrogens with zero attached hydrogens (tertiary/aromatic N) is 3. The number of para-hydroxylation sites is 1. The summed E-state index contributed by atoms with van der Waals surface area (Å²) >= 11 is 0. The van der Waals surface area contributed by atoms with Crippen molar-refractivity contribution in [1.82, 2.24) is 15.0 Å². The summed E-state index contributed by atoms with van der Waals surface area (Å²) in [6.45, 7) is 8.47. The molecule has 2 aromatic rings. The minimum Gasteiger partial charge on any atom is -0.461 e. The third-order valence-electron chi connectivity index (χ3n) is 2.57. The number of ether oxygens (including phenoxy) is 2. The van der Waals surface area contributed by atoms with Crippen LogP contribution in [0.15, 0.2) is 24.3 Å². The number of hydrogen-bond donors (Lipinski definition) is 1. The molecule has 1 aromatic carbocycles. The first-order valence-corrected chi connectivity index (χ1v) is 6.98. The Kier molecular flexibility index (Phi) is 4.92. The Morgan fingerprint density at radius 1 is 1.10 bits per heavy atom. The van der Waals surface area contributed by atoms with Gasteiger partial charge in [0, 0.05) is 6.54 Å². The van der Waals surface area contributed by atoms with Crippen LogP contribution in [0.5, 0.6) is 17.8 Å². The third kappa shape index (κ3) is 4.30. The van der Waals surface area contributed by atoms with E-state index in [1.165, 1.54) is 0 Å². The van der Waals surface area contributed by atoms with Gasteiger partial charge >= 0.3 is 12.0 Å². The van der Waals surface area contributed by atoms with Crippen LogP contribution in [0.2, 0.25) is 0 Å². The lowest BCUT2D eigenvalue weighted by molar-refractivity contribution is 0.218. The van der Waals surface area contributed by atoms with Gasteiger partial charge in [0.1, 0.15) is 5.75 Å². The summed E-state index contributed by atoms with van der Waals surface area (Å²) in [5.41, 5.74) is 1.01. The monoisotopic (exact) mass is 288 g/mol. The number of rotatable bonds is 6. The van der Waals surface area contributed by atoms with E-state index in [1.807, 2.05) is 52.0 Å². The maximum atomic E-state index is 5.74. The lowest BCUT2D eigenvalue weighted by atomic mass is 10.2. The molecule has 0 atom stereocenters. The van der Waals surface area contributed by atoms with Crippen molar-refractivity contribution in [2.24, 2.45) is 0 Å². The quantitative estimate of drug-likeness (QED) is 0.880. The molecule has 1 heterocycles. The molecule has 0 saturated carbocycles. The molecule has 0 amide bonds. The molecule has 6 nitrogen and oxygen atoms in total. The second kappa shape index (κ2) is 6.88. The summed E-state index contributed by atoms with van der Waals surface area (Å²) in [6, 6.07) is 8.15. The molecular weight excluding hydrogens is 268 g/mol. The van der Waals surface area contributed by atoms with Crippen molar-refractivity contribution >= 4 is 5.95 Å². The number of anilines is 1. The SMILES string of the molecule is CCNc1nc(Oc2ccccc2C)nc(OC(C)C)n1. The standard InChI is InChI=1S/C15H20N4O2/c1-5-16-13-17-14(20-10(2)3)19-15(18-13)21-12-9-7-6-8-11(12)4/h6-10H,5H2,1-4H3,(H,16,17,18,19). The molecule has 0 radical (unpaired) electrons. The normalized spacial score (nSPS) is 10.5. The van der Waals surface area contributed by atoms with E-state index in [9.17, 15) is 0 Å². The second-order valence-corrected chi connectivity index (χ2v) is 4.79. The van der Waals surface area contributed by atoms with Crippen LogP contribution in [0.25, 0.3) is 0 Å². The highest BCUT2D eigenvalue weighted by Gasteiger charge is 2.11. The van der Waals surface area contributed by atoms with Gasteiger partial charge in [0.05, 0.1) is 6.10 Å². The van der Waals surface area contributed by atoms with Crippen molar-refractivity contribution in [2.45, 2.75) is 33.8 Å². The molecular formula is C15H20N4O2. The summed E-state index contributed by atoms with van der Waals surface area (Å²) < 4.78 is 11.3. The van der Waals surface area contributed by atoms with Crippen molar-refractivity contribution in [1.29, 1.82) is 0 Å². The van der Waals surface area contributed by atoms with Gasteiger partial charge in [-0.1, -0.05) is 18.2 Å². The largest absolute Gasteiger partial charge is 0.461 e. The first kappa shape index (κ1) is 15.0. The van der Waals surface area contributed by atoms with Gasteiger partial charge in [0.2, 0.25) is 5.95 Å². The molecule has 0 aliphatic rings. The van der Waals surface area contributed by atoms with Crippen LogP contribution in [-0.4, -0.2) is 27.6 Å². The molecule has 1 N–H and O–H groups in total. The molecule has 0 aliphatic heterocycles. The molecule has 0 spiro atoms. The van der Waals surface area contributed by atoms with Gasteiger partial charge in [-0.2, -0.15) is 9.97 Å². The molecule has 112 valence electrons. The van der Waals surface area contributed by atoms with Gasteiger partial charge in [0.25, 0.3) is 0 Å². The third-order valence-corrected chi connectivity index (χ3v) is 2.57. The summed E-state index contributed by atoms with van der Waals surface area (Å²) in [5, 5.41) is 3.04. The summed E-state index contributed by atoms with van der Waals surface area (Å²) in [6.07, 6.45) is -0.0202. The predicted molar refractivity (Wildman–Crippen MR) is 81.0 cm³/mol. The second-order valence-electron chi connectivity index (χ2n) is 4.79. The average molecular weight is 288 g/mol. The highest BCUT2D eigenvalue weighted by molar-refractivity contribution is 5.35. The van der Waals surface area contributed by atoms with Crippen LogP contribution < -0.4 is 14.8 Å². The van der Waals surface area contributed by atoms with E-state index in [0.29, 0.717) is 18.2 Å². The Labute approximate surface area is 124 Å². The van der Waals surface area contributed by atoms with E-state index < -0.39 is 0 Å². The Morgan fingerprint density at radius 2 is 1.81 bits per heavy atom. The zero-order chi connectivity index (χ0) is 15.2.